The minimum atomic E-state index is -3.61. The maximum Gasteiger partial charge on any atom is 0.244 e. The van der Waals surface area contributed by atoms with Crippen molar-refractivity contribution in [2.45, 2.75) is 38.1 Å². The van der Waals surface area contributed by atoms with E-state index < -0.39 is 10.0 Å². The number of ether oxygens (including phenoxy) is 1. The van der Waals surface area contributed by atoms with Gasteiger partial charge in [-0.25, -0.2) is 13.1 Å². The Morgan fingerprint density at radius 2 is 2.06 bits per heavy atom. The van der Waals surface area contributed by atoms with Gasteiger partial charge >= 0.3 is 0 Å². The van der Waals surface area contributed by atoms with Crippen molar-refractivity contribution < 1.29 is 13.2 Å². The Morgan fingerprint density at radius 3 is 2.56 bits per heavy atom. The third kappa shape index (κ3) is 3.37. The second kappa shape index (κ2) is 5.91. The average molecular weight is 292 g/mol. The van der Waals surface area contributed by atoms with Crippen LogP contribution in [0.25, 0.3) is 0 Å². The number of rotatable bonds is 5. The molecule has 0 fully saturated rings. The standard InChI is InChI=1S/C12H18ClNO3S/c1-5-9(3)14-18(15,16)12-7-10(13)8(2)6-11(12)17-4/h6-7,9,14H,5H2,1-4H3. The van der Waals surface area contributed by atoms with E-state index in [1.807, 2.05) is 6.92 Å². The van der Waals surface area contributed by atoms with Crippen molar-refractivity contribution >= 4 is 21.6 Å². The second-order valence-electron chi connectivity index (χ2n) is 4.18. The van der Waals surface area contributed by atoms with Crippen LogP contribution >= 0.6 is 11.6 Å². The predicted molar refractivity (Wildman–Crippen MR) is 72.8 cm³/mol. The van der Waals surface area contributed by atoms with Gasteiger partial charge in [-0.15, -0.1) is 0 Å². The Balaban J connectivity index is 3.27. The maximum absolute atomic E-state index is 12.2. The molecule has 1 N–H and O–H groups in total. The summed E-state index contributed by atoms with van der Waals surface area (Å²) in [5.74, 6) is 0.299. The summed E-state index contributed by atoms with van der Waals surface area (Å²) in [7, 11) is -2.18. The van der Waals surface area contributed by atoms with E-state index in [0.717, 1.165) is 5.56 Å². The molecule has 18 heavy (non-hydrogen) atoms. The largest absolute Gasteiger partial charge is 0.495 e. The molecule has 1 unspecified atom stereocenters. The lowest BCUT2D eigenvalue weighted by molar-refractivity contribution is 0.401. The third-order valence-corrected chi connectivity index (χ3v) is 4.72. The second-order valence-corrected chi connectivity index (χ2v) is 6.27. The number of sulfonamides is 1. The van der Waals surface area contributed by atoms with Crippen molar-refractivity contribution in [3.63, 3.8) is 0 Å². The molecule has 0 spiro atoms. The molecule has 0 aliphatic heterocycles. The summed E-state index contributed by atoms with van der Waals surface area (Å²) >= 11 is 5.97. The number of halogens is 1. The summed E-state index contributed by atoms with van der Waals surface area (Å²) < 4.78 is 32.1. The number of nitrogens with one attached hydrogen (secondary N) is 1. The van der Waals surface area contributed by atoms with Gasteiger partial charge in [0.2, 0.25) is 10.0 Å². The molecule has 102 valence electrons. The van der Waals surface area contributed by atoms with Gasteiger partial charge in [0.15, 0.2) is 0 Å². The van der Waals surface area contributed by atoms with E-state index in [9.17, 15) is 8.42 Å². The minimum absolute atomic E-state index is 0.0703. The summed E-state index contributed by atoms with van der Waals surface area (Å²) in [6.07, 6.45) is 0.709. The molecule has 0 amide bonds. The molecule has 6 heteroatoms. The highest BCUT2D eigenvalue weighted by molar-refractivity contribution is 7.89. The highest BCUT2D eigenvalue weighted by Gasteiger charge is 2.22. The highest BCUT2D eigenvalue weighted by Crippen LogP contribution is 2.30. The summed E-state index contributed by atoms with van der Waals surface area (Å²) in [5.41, 5.74) is 0.774. The maximum atomic E-state index is 12.2. The molecule has 1 aromatic rings. The fraction of sp³-hybridized carbons (Fsp3) is 0.500. The Hall–Kier alpha value is -0.780. The van der Waals surface area contributed by atoms with E-state index in [1.54, 1.807) is 19.9 Å². The van der Waals surface area contributed by atoms with Crippen molar-refractivity contribution in [2.24, 2.45) is 0 Å². The zero-order valence-electron chi connectivity index (χ0n) is 11.0. The first-order valence-corrected chi connectivity index (χ1v) is 7.54. The van der Waals surface area contributed by atoms with Crippen LogP contribution in [-0.4, -0.2) is 21.6 Å². The van der Waals surface area contributed by atoms with Crippen molar-refractivity contribution in [3.05, 3.63) is 22.7 Å². The van der Waals surface area contributed by atoms with Crippen LogP contribution in [0.2, 0.25) is 5.02 Å². The number of hydrogen-bond donors (Lipinski definition) is 1. The first kappa shape index (κ1) is 15.3. The molecule has 0 aliphatic rings. The molecule has 0 aromatic heterocycles. The van der Waals surface area contributed by atoms with Crippen molar-refractivity contribution in [1.82, 2.24) is 4.72 Å². The lowest BCUT2D eigenvalue weighted by atomic mass is 10.2. The number of aryl methyl sites for hydroxylation is 1. The van der Waals surface area contributed by atoms with E-state index in [-0.39, 0.29) is 10.9 Å². The van der Waals surface area contributed by atoms with Crippen molar-refractivity contribution in [1.29, 1.82) is 0 Å². The van der Waals surface area contributed by atoms with Crippen LogP contribution in [0.5, 0.6) is 5.75 Å². The average Bonchev–Trinajstić information content (AvgIpc) is 2.31. The molecule has 1 atom stereocenters. The minimum Gasteiger partial charge on any atom is -0.495 e. The molecule has 0 aliphatic carbocycles. The van der Waals surface area contributed by atoms with Crippen LogP contribution in [0.15, 0.2) is 17.0 Å². The highest BCUT2D eigenvalue weighted by atomic mass is 35.5. The van der Waals surface area contributed by atoms with Crippen LogP contribution in [0, 0.1) is 6.92 Å². The molecular weight excluding hydrogens is 274 g/mol. The van der Waals surface area contributed by atoms with Gasteiger partial charge in [0, 0.05) is 11.1 Å². The molecule has 0 heterocycles. The van der Waals surface area contributed by atoms with Gasteiger partial charge in [-0.2, -0.15) is 0 Å². The molecule has 1 rings (SSSR count). The van der Waals surface area contributed by atoms with Crippen LogP contribution in [0.3, 0.4) is 0 Å². The smallest absolute Gasteiger partial charge is 0.244 e. The van der Waals surface area contributed by atoms with E-state index in [2.05, 4.69) is 4.72 Å². The zero-order valence-corrected chi connectivity index (χ0v) is 12.5. The van der Waals surface area contributed by atoms with Gasteiger partial charge in [-0.1, -0.05) is 18.5 Å². The molecular formula is C12H18ClNO3S. The summed E-state index contributed by atoms with van der Waals surface area (Å²) in [4.78, 5) is 0.0703. The SMILES string of the molecule is CCC(C)NS(=O)(=O)c1cc(Cl)c(C)cc1OC. The predicted octanol–water partition coefficient (Wildman–Crippen LogP) is 2.73. The van der Waals surface area contributed by atoms with Crippen molar-refractivity contribution in [3.8, 4) is 5.75 Å². The van der Waals surface area contributed by atoms with Gasteiger partial charge in [0.05, 0.1) is 7.11 Å². The van der Waals surface area contributed by atoms with Crippen LogP contribution < -0.4 is 9.46 Å². The van der Waals surface area contributed by atoms with Crippen LogP contribution in [0.1, 0.15) is 25.8 Å². The lowest BCUT2D eigenvalue weighted by Gasteiger charge is -2.15. The van der Waals surface area contributed by atoms with E-state index in [1.165, 1.54) is 13.2 Å². The number of methoxy groups -OCH3 is 1. The molecule has 0 radical (unpaired) electrons. The Bertz CT molecular complexity index is 528. The molecule has 0 saturated carbocycles. The fourth-order valence-corrected chi connectivity index (χ4v) is 3.15. The quantitative estimate of drug-likeness (QED) is 0.907. The summed E-state index contributed by atoms with van der Waals surface area (Å²) in [5, 5.41) is 0.403. The zero-order chi connectivity index (χ0) is 13.9. The molecule has 0 bridgehead atoms. The monoisotopic (exact) mass is 291 g/mol. The topological polar surface area (TPSA) is 55.4 Å². The van der Waals surface area contributed by atoms with Gasteiger partial charge in [0.1, 0.15) is 10.6 Å². The van der Waals surface area contributed by atoms with Gasteiger partial charge in [-0.3, -0.25) is 0 Å². The Labute approximate surface area is 113 Å². The van der Waals surface area contributed by atoms with Crippen LogP contribution in [-0.2, 0) is 10.0 Å². The first-order valence-electron chi connectivity index (χ1n) is 5.68. The van der Waals surface area contributed by atoms with Gasteiger partial charge in [0.25, 0.3) is 0 Å². The van der Waals surface area contributed by atoms with Crippen LogP contribution in [0.4, 0.5) is 0 Å². The normalized spacial score (nSPS) is 13.4. The molecule has 4 nitrogen and oxygen atoms in total. The van der Waals surface area contributed by atoms with E-state index in [4.69, 9.17) is 16.3 Å². The number of benzene rings is 1. The Morgan fingerprint density at radius 1 is 1.44 bits per heavy atom. The van der Waals surface area contributed by atoms with E-state index in [0.29, 0.717) is 17.2 Å². The van der Waals surface area contributed by atoms with Gasteiger partial charge in [-0.05, 0) is 38.0 Å². The fourth-order valence-electron chi connectivity index (χ4n) is 1.42. The summed E-state index contributed by atoms with van der Waals surface area (Å²) in [6.45, 7) is 5.51. The molecule has 1 aromatic carbocycles. The molecule has 0 saturated heterocycles. The first-order chi connectivity index (χ1) is 8.31. The summed E-state index contributed by atoms with van der Waals surface area (Å²) in [6, 6.07) is 2.90. The van der Waals surface area contributed by atoms with E-state index >= 15 is 0 Å². The van der Waals surface area contributed by atoms with Gasteiger partial charge < -0.3 is 4.74 Å². The van der Waals surface area contributed by atoms with Crippen molar-refractivity contribution in [2.75, 3.05) is 7.11 Å². The Kier molecular flexibility index (Phi) is 5.01. The number of hydrogen-bond acceptors (Lipinski definition) is 3. The third-order valence-electron chi connectivity index (χ3n) is 2.70. The lowest BCUT2D eigenvalue weighted by Crippen LogP contribution is -2.32.